The van der Waals surface area contributed by atoms with Crippen molar-refractivity contribution < 1.29 is 14.3 Å². The van der Waals surface area contributed by atoms with Gasteiger partial charge < -0.3 is 9.47 Å². The lowest BCUT2D eigenvalue weighted by atomic mass is 10.2. The van der Waals surface area contributed by atoms with E-state index >= 15 is 0 Å². The molecule has 0 fully saturated rings. The average Bonchev–Trinajstić information content (AvgIpc) is 3.13. The molecule has 9 heteroatoms. The molecule has 0 saturated carbocycles. The number of benzene rings is 2. The zero-order chi connectivity index (χ0) is 20.6. The summed E-state index contributed by atoms with van der Waals surface area (Å²) in [6, 6.07) is 15.1. The highest BCUT2D eigenvalue weighted by Crippen LogP contribution is 2.26. The van der Waals surface area contributed by atoms with Crippen molar-refractivity contribution in [3.05, 3.63) is 59.9 Å². The van der Waals surface area contributed by atoms with Gasteiger partial charge in [-0.2, -0.15) is 5.10 Å². The van der Waals surface area contributed by atoms with Crippen LogP contribution in [0.4, 0.5) is 0 Å². The third-order valence-electron chi connectivity index (χ3n) is 3.95. The smallest absolute Gasteiger partial charge is 0.250 e. The third-order valence-corrected chi connectivity index (χ3v) is 4.88. The van der Waals surface area contributed by atoms with Crippen LogP contribution < -0.4 is 14.9 Å². The minimum absolute atomic E-state index is 0.161. The number of aryl methyl sites for hydroxylation is 1. The summed E-state index contributed by atoms with van der Waals surface area (Å²) in [5, 5.41) is 12.9. The van der Waals surface area contributed by atoms with E-state index in [2.05, 4.69) is 20.7 Å². The number of methoxy groups -OCH3 is 2. The normalized spacial score (nSPS) is 10.9. The van der Waals surface area contributed by atoms with Crippen LogP contribution in [0.15, 0.2) is 58.8 Å². The molecule has 3 aromatic rings. The van der Waals surface area contributed by atoms with Crippen molar-refractivity contribution in [2.24, 2.45) is 5.10 Å². The lowest BCUT2D eigenvalue weighted by Crippen LogP contribution is -2.20. The van der Waals surface area contributed by atoms with E-state index in [1.807, 2.05) is 47.9 Å². The minimum atomic E-state index is -0.244. The first-order valence-electron chi connectivity index (χ1n) is 8.76. The van der Waals surface area contributed by atoms with Crippen LogP contribution in [0.1, 0.15) is 11.4 Å². The van der Waals surface area contributed by atoms with Gasteiger partial charge in [-0.1, -0.05) is 30.0 Å². The van der Waals surface area contributed by atoms with Crippen molar-refractivity contribution in [2.75, 3.05) is 20.0 Å². The van der Waals surface area contributed by atoms with Crippen molar-refractivity contribution >= 4 is 23.9 Å². The van der Waals surface area contributed by atoms with E-state index in [0.717, 1.165) is 17.1 Å². The van der Waals surface area contributed by atoms with Gasteiger partial charge in [0.05, 0.1) is 26.2 Å². The molecule has 0 spiro atoms. The Bertz CT molecular complexity index is 1000. The zero-order valence-corrected chi connectivity index (χ0v) is 17.1. The second-order valence-corrected chi connectivity index (χ2v) is 6.84. The minimum Gasteiger partial charge on any atom is -0.493 e. The fourth-order valence-electron chi connectivity index (χ4n) is 2.59. The van der Waals surface area contributed by atoms with Crippen molar-refractivity contribution in [1.82, 2.24) is 20.2 Å². The molecule has 0 radical (unpaired) electrons. The number of rotatable bonds is 8. The van der Waals surface area contributed by atoms with Crippen LogP contribution in [0.2, 0.25) is 0 Å². The fourth-order valence-corrected chi connectivity index (χ4v) is 3.37. The Morgan fingerprint density at radius 1 is 1.14 bits per heavy atom. The van der Waals surface area contributed by atoms with Crippen LogP contribution in [0.3, 0.4) is 0 Å². The van der Waals surface area contributed by atoms with Crippen molar-refractivity contribution in [1.29, 1.82) is 0 Å². The summed E-state index contributed by atoms with van der Waals surface area (Å²) < 4.78 is 12.4. The number of nitrogens with zero attached hydrogens (tertiary/aromatic N) is 4. The monoisotopic (exact) mass is 411 g/mol. The van der Waals surface area contributed by atoms with Gasteiger partial charge in [0.15, 0.2) is 16.7 Å². The molecule has 150 valence electrons. The molecule has 0 aliphatic heterocycles. The molecule has 0 saturated heterocycles. The second-order valence-electron chi connectivity index (χ2n) is 5.90. The molecule has 1 amide bonds. The summed E-state index contributed by atoms with van der Waals surface area (Å²) in [6.45, 7) is 1.87. The topological polar surface area (TPSA) is 90.6 Å². The largest absolute Gasteiger partial charge is 0.493 e. The Morgan fingerprint density at radius 3 is 2.62 bits per heavy atom. The number of hydrazone groups is 1. The predicted molar refractivity (Wildman–Crippen MR) is 112 cm³/mol. The number of amides is 1. The number of hydrogen-bond donors (Lipinski definition) is 1. The number of para-hydroxylation sites is 1. The molecule has 3 rings (SSSR count). The highest BCUT2D eigenvalue weighted by atomic mass is 32.2. The standard InChI is InChI=1S/C20H21N5O3S/c1-14-22-24-20(25(14)16-7-5-4-6-8-16)29-13-19(26)23-21-12-15-9-10-17(27-2)18(11-15)28-3/h4-12H,13H2,1-3H3,(H,23,26). The van der Waals surface area contributed by atoms with Gasteiger partial charge in [0.1, 0.15) is 5.82 Å². The number of ether oxygens (including phenoxy) is 2. The maximum Gasteiger partial charge on any atom is 0.250 e. The van der Waals surface area contributed by atoms with Crippen LogP contribution in [-0.2, 0) is 4.79 Å². The summed E-state index contributed by atoms with van der Waals surface area (Å²) in [5.74, 6) is 1.89. The Labute approximate surface area is 172 Å². The number of aromatic nitrogens is 3. The Hall–Kier alpha value is -3.33. The summed E-state index contributed by atoms with van der Waals surface area (Å²) >= 11 is 1.29. The molecule has 1 aromatic heterocycles. The number of carbonyl (C=O) groups excluding carboxylic acids is 1. The summed E-state index contributed by atoms with van der Waals surface area (Å²) in [4.78, 5) is 12.1. The molecule has 8 nitrogen and oxygen atoms in total. The van der Waals surface area contributed by atoms with Gasteiger partial charge in [-0.3, -0.25) is 9.36 Å². The molecule has 0 atom stereocenters. The van der Waals surface area contributed by atoms with Crippen molar-refractivity contribution in [3.8, 4) is 17.2 Å². The van der Waals surface area contributed by atoms with Gasteiger partial charge in [0.25, 0.3) is 5.91 Å². The van der Waals surface area contributed by atoms with E-state index in [1.165, 1.54) is 11.8 Å². The van der Waals surface area contributed by atoms with Crippen LogP contribution in [0.25, 0.3) is 5.69 Å². The van der Waals surface area contributed by atoms with Crippen molar-refractivity contribution in [2.45, 2.75) is 12.1 Å². The quantitative estimate of drug-likeness (QED) is 0.348. The summed E-state index contributed by atoms with van der Waals surface area (Å²) in [5.41, 5.74) is 4.24. The number of hydrogen-bond acceptors (Lipinski definition) is 7. The maximum absolute atomic E-state index is 12.1. The Kier molecular flexibility index (Phi) is 6.85. The first-order chi connectivity index (χ1) is 14.1. The Balaban J connectivity index is 1.58. The number of thioether (sulfide) groups is 1. The lowest BCUT2D eigenvalue weighted by Gasteiger charge is -2.08. The van der Waals surface area contributed by atoms with E-state index in [-0.39, 0.29) is 11.7 Å². The van der Waals surface area contributed by atoms with Gasteiger partial charge in [-0.15, -0.1) is 10.2 Å². The molecular formula is C20H21N5O3S. The highest BCUT2D eigenvalue weighted by Gasteiger charge is 2.13. The molecule has 0 bridgehead atoms. The average molecular weight is 411 g/mol. The summed E-state index contributed by atoms with van der Waals surface area (Å²) in [7, 11) is 3.14. The molecular weight excluding hydrogens is 390 g/mol. The zero-order valence-electron chi connectivity index (χ0n) is 16.3. The molecule has 1 N–H and O–H groups in total. The number of nitrogens with one attached hydrogen (secondary N) is 1. The van der Waals surface area contributed by atoms with Crippen molar-refractivity contribution in [3.63, 3.8) is 0 Å². The Morgan fingerprint density at radius 2 is 1.90 bits per heavy atom. The van der Waals surface area contributed by atoms with E-state index in [0.29, 0.717) is 16.7 Å². The van der Waals surface area contributed by atoms with Crippen LogP contribution in [0, 0.1) is 6.92 Å². The second kappa shape index (κ2) is 9.74. The lowest BCUT2D eigenvalue weighted by molar-refractivity contribution is -0.118. The molecule has 1 heterocycles. The fraction of sp³-hybridized carbons (Fsp3) is 0.200. The van der Waals surface area contributed by atoms with Gasteiger partial charge in [0.2, 0.25) is 0 Å². The maximum atomic E-state index is 12.1. The molecule has 0 aliphatic rings. The van der Waals surface area contributed by atoms with Gasteiger partial charge in [-0.25, -0.2) is 5.43 Å². The number of carbonyl (C=O) groups is 1. The highest BCUT2D eigenvalue weighted by molar-refractivity contribution is 7.99. The van der Waals surface area contributed by atoms with Crippen LogP contribution in [0.5, 0.6) is 11.5 Å². The first kappa shape index (κ1) is 20.4. The van der Waals surface area contributed by atoms with E-state index in [1.54, 1.807) is 32.6 Å². The van der Waals surface area contributed by atoms with E-state index < -0.39 is 0 Å². The summed E-state index contributed by atoms with van der Waals surface area (Å²) in [6.07, 6.45) is 1.54. The molecule has 0 aliphatic carbocycles. The van der Waals surface area contributed by atoms with Gasteiger partial charge in [-0.05, 0) is 42.8 Å². The molecule has 2 aromatic carbocycles. The van der Waals surface area contributed by atoms with Crippen LogP contribution in [-0.4, -0.2) is 46.9 Å². The van der Waals surface area contributed by atoms with E-state index in [4.69, 9.17) is 9.47 Å². The van der Waals surface area contributed by atoms with Gasteiger partial charge >= 0.3 is 0 Å². The first-order valence-corrected chi connectivity index (χ1v) is 9.75. The molecule has 29 heavy (non-hydrogen) atoms. The predicted octanol–water partition coefficient (Wildman–Crippen LogP) is 2.84. The van der Waals surface area contributed by atoms with E-state index in [9.17, 15) is 4.79 Å². The van der Waals surface area contributed by atoms with Gasteiger partial charge in [0, 0.05) is 5.69 Å². The SMILES string of the molecule is COc1ccc(C=NNC(=O)CSc2nnc(C)n2-c2ccccc2)cc1OC. The third kappa shape index (κ3) is 5.14. The molecule has 0 unspecified atom stereocenters. The van der Waals surface area contributed by atoms with Crippen LogP contribution >= 0.6 is 11.8 Å².